The van der Waals surface area contributed by atoms with Crippen LogP contribution in [0.5, 0.6) is 0 Å². The summed E-state index contributed by atoms with van der Waals surface area (Å²) in [5.74, 6) is -4.35. The van der Waals surface area contributed by atoms with Crippen molar-refractivity contribution >= 4 is 5.97 Å². The summed E-state index contributed by atoms with van der Waals surface area (Å²) in [6, 6.07) is 0. The van der Waals surface area contributed by atoms with Crippen molar-refractivity contribution in [3.8, 4) is 0 Å². The minimum Gasteiger partial charge on any atom is -0.544 e. The van der Waals surface area contributed by atoms with Crippen LogP contribution >= 0.6 is 0 Å². The Bertz CT molecular complexity index is 262. The number of aliphatic carboxylic acids is 1. The number of carboxylic acid groups (broad SMARTS) is 1. The molecule has 0 spiro atoms. The monoisotopic (exact) mass is 253 g/mol. The number of rotatable bonds is 4. The second-order valence-electron chi connectivity index (χ2n) is 3.98. The minimum atomic E-state index is -2.53. The number of aliphatic hydroxyl groups excluding tert-OH is 3. The Morgan fingerprint density at radius 1 is 1.59 bits per heavy atom. The van der Waals surface area contributed by atoms with Crippen molar-refractivity contribution in [1.29, 1.82) is 0 Å². The summed E-state index contributed by atoms with van der Waals surface area (Å²) in [7, 11) is 0. The summed E-state index contributed by atoms with van der Waals surface area (Å²) in [6.07, 6.45) is -3.42. The first kappa shape index (κ1) is 16.2. The van der Waals surface area contributed by atoms with Crippen LogP contribution in [0.4, 0.5) is 0 Å². The Morgan fingerprint density at radius 3 is 2.65 bits per heavy atom. The van der Waals surface area contributed by atoms with Crippen LogP contribution in [0.15, 0.2) is 0 Å². The molecule has 102 valence electrons. The normalized spacial score (nSPS) is 34.8. The molecule has 0 aromatic carbocycles. The molecule has 17 heavy (non-hydrogen) atoms. The van der Waals surface area contributed by atoms with E-state index < -0.39 is 43.1 Å². The number of carbonyl (C=O) groups excluding carboxylic acids is 1. The molecule has 0 saturated carbocycles. The van der Waals surface area contributed by atoms with Gasteiger partial charge in [0.1, 0.15) is 5.97 Å². The number of carboxylic acids is 1. The molecule has 1 aliphatic rings. The molecule has 8 heteroatoms. The standard InChI is InChI=1S/C9H16O7.H3N/c10-4-6(12)2-7-1-5(11)3-9(15,16-7)8(13)14;/h5-7,10-12,15H,1-4H2,(H,13,14);1H3/t5-,6-,7?,9+;/m0./s1. The quantitative estimate of drug-likeness (QED) is 0.357. The Balaban J connectivity index is 0.00000256. The largest absolute Gasteiger partial charge is 0.544 e. The Morgan fingerprint density at radius 2 is 2.18 bits per heavy atom. The summed E-state index contributed by atoms with van der Waals surface area (Å²) < 4.78 is 4.84. The summed E-state index contributed by atoms with van der Waals surface area (Å²) in [5, 5.41) is 47.2. The van der Waals surface area contributed by atoms with Crippen molar-refractivity contribution in [2.24, 2.45) is 0 Å². The fourth-order valence-corrected chi connectivity index (χ4v) is 1.73. The van der Waals surface area contributed by atoms with Gasteiger partial charge in [-0.25, -0.2) is 0 Å². The second-order valence-corrected chi connectivity index (χ2v) is 3.98. The Kier molecular flexibility index (Phi) is 5.96. The zero-order valence-corrected chi connectivity index (χ0v) is 9.57. The lowest BCUT2D eigenvalue weighted by atomic mass is 9.95. The summed E-state index contributed by atoms with van der Waals surface area (Å²) in [6.45, 7) is -0.500. The van der Waals surface area contributed by atoms with Crippen molar-refractivity contribution in [2.75, 3.05) is 6.61 Å². The van der Waals surface area contributed by atoms with Crippen molar-refractivity contribution in [3.63, 3.8) is 0 Å². The molecule has 1 heterocycles. The summed E-state index contributed by atoms with van der Waals surface area (Å²) in [4.78, 5) is 10.6. The lowest BCUT2D eigenvalue weighted by Crippen LogP contribution is -2.57. The van der Waals surface area contributed by atoms with Crippen molar-refractivity contribution in [3.05, 3.63) is 0 Å². The predicted octanol–water partition coefficient (Wildman–Crippen LogP) is -2.92. The number of aliphatic hydroxyl groups is 4. The predicted molar refractivity (Wildman–Crippen MR) is 53.8 cm³/mol. The van der Waals surface area contributed by atoms with Crippen LogP contribution in [0.25, 0.3) is 0 Å². The van der Waals surface area contributed by atoms with Gasteiger partial charge in [-0.15, -0.1) is 0 Å². The van der Waals surface area contributed by atoms with Crippen LogP contribution in [0.2, 0.25) is 0 Å². The zero-order chi connectivity index (χ0) is 12.3. The third kappa shape index (κ3) is 4.19. The average Bonchev–Trinajstić information content (AvgIpc) is 2.15. The van der Waals surface area contributed by atoms with Crippen LogP contribution < -0.4 is 11.3 Å². The second kappa shape index (κ2) is 6.24. The van der Waals surface area contributed by atoms with Crippen molar-refractivity contribution in [2.45, 2.75) is 43.4 Å². The van der Waals surface area contributed by atoms with Gasteiger partial charge in [0, 0.05) is 12.8 Å². The zero-order valence-electron chi connectivity index (χ0n) is 9.57. The van der Waals surface area contributed by atoms with E-state index in [2.05, 4.69) is 0 Å². The van der Waals surface area contributed by atoms with Gasteiger partial charge in [-0.3, -0.25) is 0 Å². The summed E-state index contributed by atoms with van der Waals surface area (Å²) >= 11 is 0. The van der Waals surface area contributed by atoms with Crippen LogP contribution in [-0.4, -0.2) is 57.1 Å². The van der Waals surface area contributed by atoms with Gasteiger partial charge in [0.05, 0.1) is 24.9 Å². The number of carbonyl (C=O) groups is 1. The molecule has 1 unspecified atom stereocenters. The SMILES string of the molecule is O=C([O-])[C@@]1(O)C[C@@H](O)CC(C[C@H](O)CO)O1.[NH4+]. The molecule has 0 aromatic heterocycles. The van der Waals surface area contributed by atoms with E-state index in [-0.39, 0.29) is 19.0 Å². The van der Waals surface area contributed by atoms with Crippen LogP contribution in [0.3, 0.4) is 0 Å². The molecular formula is C9H19NO7. The van der Waals surface area contributed by atoms with E-state index in [1.165, 1.54) is 0 Å². The van der Waals surface area contributed by atoms with E-state index in [1.54, 1.807) is 0 Å². The third-order valence-electron chi connectivity index (χ3n) is 2.47. The molecule has 0 aliphatic carbocycles. The van der Waals surface area contributed by atoms with Gasteiger partial charge < -0.3 is 41.2 Å². The number of hydrogen-bond acceptors (Lipinski definition) is 7. The van der Waals surface area contributed by atoms with Gasteiger partial charge in [-0.05, 0) is 6.42 Å². The molecule has 0 aromatic rings. The highest BCUT2D eigenvalue weighted by molar-refractivity contribution is 5.73. The summed E-state index contributed by atoms with van der Waals surface area (Å²) in [5.41, 5.74) is 0. The fourth-order valence-electron chi connectivity index (χ4n) is 1.73. The molecular weight excluding hydrogens is 234 g/mol. The molecule has 0 bridgehead atoms. The molecule has 1 saturated heterocycles. The Hall–Kier alpha value is -0.770. The third-order valence-corrected chi connectivity index (χ3v) is 2.47. The molecule has 0 amide bonds. The van der Waals surface area contributed by atoms with Crippen LogP contribution in [0, 0.1) is 0 Å². The molecule has 8 N–H and O–H groups in total. The van der Waals surface area contributed by atoms with Gasteiger partial charge in [0.15, 0.2) is 0 Å². The Labute approximate surface area is 98.0 Å². The van der Waals surface area contributed by atoms with Crippen molar-refractivity contribution < 1.29 is 35.1 Å². The lowest BCUT2D eigenvalue weighted by molar-refractivity contribution is -0.368. The first-order chi connectivity index (χ1) is 7.37. The fraction of sp³-hybridized carbons (Fsp3) is 0.889. The number of hydrogen-bond donors (Lipinski definition) is 5. The molecule has 1 fully saturated rings. The van der Waals surface area contributed by atoms with Gasteiger partial charge in [0.25, 0.3) is 0 Å². The van der Waals surface area contributed by atoms with E-state index in [0.717, 1.165) is 0 Å². The van der Waals surface area contributed by atoms with E-state index in [1.807, 2.05) is 0 Å². The van der Waals surface area contributed by atoms with Gasteiger partial charge in [-0.1, -0.05) is 0 Å². The van der Waals surface area contributed by atoms with Gasteiger partial charge in [-0.2, -0.15) is 0 Å². The average molecular weight is 253 g/mol. The van der Waals surface area contributed by atoms with Crippen molar-refractivity contribution in [1.82, 2.24) is 6.15 Å². The van der Waals surface area contributed by atoms with Crippen LogP contribution in [0.1, 0.15) is 19.3 Å². The van der Waals surface area contributed by atoms with E-state index in [0.29, 0.717) is 0 Å². The highest BCUT2D eigenvalue weighted by Gasteiger charge is 2.41. The van der Waals surface area contributed by atoms with E-state index in [9.17, 15) is 20.1 Å². The maximum absolute atomic E-state index is 10.6. The first-order valence-corrected chi connectivity index (χ1v) is 4.96. The molecule has 0 radical (unpaired) electrons. The first-order valence-electron chi connectivity index (χ1n) is 4.96. The van der Waals surface area contributed by atoms with Gasteiger partial charge in [0.2, 0.25) is 5.79 Å². The minimum absolute atomic E-state index is 0. The molecule has 4 atom stereocenters. The highest BCUT2D eigenvalue weighted by atomic mass is 16.7. The molecule has 1 rings (SSSR count). The van der Waals surface area contributed by atoms with Gasteiger partial charge >= 0.3 is 0 Å². The van der Waals surface area contributed by atoms with Crippen LogP contribution in [-0.2, 0) is 9.53 Å². The topological polar surface area (TPSA) is 167 Å². The molecule has 1 aliphatic heterocycles. The molecule has 8 nitrogen and oxygen atoms in total. The van der Waals surface area contributed by atoms with E-state index >= 15 is 0 Å². The lowest BCUT2D eigenvalue weighted by Gasteiger charge is -2.40. The number of quaternary nitrogens is 1. The van der Waals surface area contributed by atoms with E-state index in [4.69, 9.17) is 14.9 Å². The maximum atomic E-state index is 10.6. The maximum Gasteiger partial charge on any atom is 0.209 e. The number of ether oxygens (including phenoxy) is 1. The highest BCUT2D eigenvalue weighted by Crippen LogP contribution is 2.28. The smallest absolute Gasteiger partial charge is 0.209 e.